The van der Waals surface area contributed by atoms with Crippen LogP contribution in [0.25, 0.3) is 0 Å². The maximum Gasteiger partial charge on any atom is 0.0421 e. The highest BCUT2D eigenvalue weighted by atomic mass is 14.9. The Morgan fingerprint density at radius 3 is 2.47 bits per heavy atom. The highest BCUT2D eigenvalue weighted by Crippen LogP contribution is 2.08. The zero-order chi connectivity index (χ0) is 11.1. The maximum absolute atomic E-state index is 6.06. The summed E-state index contributed by atoms with van der Waals surface area (Å²) < 4.78 is 0. The van der Waals surface area contributed by atoms with E-state index in [9.17, 15) is 0 Å². The lowest BCUT2D eigenvalue weighted by molar-refractivity contribution is 0.482. The summed E-state index contributed by atoms with van der Waals surface area (Å²) >= 11 is 0. The van der Waals surface area contributed by atoms with E-state index in [-0.39, 0.29) is 6.04 Å². The molecule has 2 heteroatoms. The van der Waals surface area contributed by atoms with Crippen LogP contribution in [0.2, 0.25) is 0 Å². The first-order valence-corrected chi connectivity index (χ1v) is 5.75. The van der Waals surface area contributed by atoms with Crippen LogP contribution in [0.5, 0.6) is 0 Å². The topological polar surface area (TPSA) is 38.0 Å². The van der Waals surface area contributed by atoms with Crippen molar-refractivity contribution in [1.82, 2.24) is 5.32 Å². The van der Waals surface area contributed by atoms with Gasteiger partial charge in [-0.3, -0.25) is 0 Å². The fourth-order valence-corrected chi connectivity index (χ4v) is 1.45. The predicted molar refractivity (Wildman–Crippen MR) is 65.7 cm³/mol. The summed E-state index contributed by atoms with van der Waals surface area (Å²) in [5.41, 5.74) is 7.26. The Hall–Kier alpha value is -0.860. The Morgan fingerprint density at radius 1 is 1.20 bits per heavy atom. The first kappa shape index (κ1) is 12.2. The summed E-state index contributed by atoms with van der Waals surface area (Å²) in [4.78, 5) is 0. The van der Waals surface area contributed by atoms with Crippen LogP contribution >= 0.6 is 0 Å². The number of nitrogens with two attached hydrogens (primary N) is 1. The van der Waals surface area contributed by atoms with E-state index in [0.717, 1.165) is 19.0 Å². The maximum atomic E-state index is 6.06. The van der Waals surface area contributed by atoms with Gasteiger partial charge in [0.2, 0.25) is 0 Å². The normalized spacial score (nSPS) is 14.9. The molecule has 0 radical (unpaired) electrons. The van der Waals surface area contributed by atoms with Crippen molar-refractivity contribution in [2.24, 2.45) is 11.7 Å². The van der Waals surface area contributed by atoms with Gasteiger partial charge in [-0.05, 0) is 18.0 Å². The smallest absolute Gasteiger partial charge is 0.0421 e. The van der Waals surface area contributed by atoms with Crippen molar-refractivity contribution in [3.63, 3.8) is 0 Å². The van der Waals surface area contributed by atoms with Crippen molar-refractivity contribution in [3.8, 4) is 0 Å². The molecule has 2 nitrogen and oxygen atoms in total. The molecular formula is C13H22N2. The van der Waals surface area contributed by atoms with Gasteiger partial charge in [-0.25, -0.2) is 0 Å². The predicted octanol–water partition coefficient (Wildman–Crippen LogP) is 2.32. The second-order valence-corrected chi connectivity index (χ2v) is 4.19. The molecule has 0 heterocycles. The summed E-state index contributed by atoms with van der Waals surface area (Å²) in [6, 6.07) is 10.3. The second kappa shape index (κ2) is 6.59. The van der Waals surface area contributed by atoms with E-state index >= 15 is 0 Å². The average Bonchev–Trinajstić information content (AvgIpc) is 2.29. The largest absolute Gasteiger partial charge is 0.323 e. The summed E-state index contributed by atoms with van der Waals surface area (Å²) in [5.74, 6) is 0.730. The number of hydrogen-bond donors (Lipinski definition) is 2. The molecule has 0 spiro atoms. The minimum absolute atomic E-state index is 0.107. The van der Waals surface area contributed by atoms with Crippen LogP contribution in [-0.4, -0.2) is 13.1 Å². The molecule has 0 aromatic heterocycles. The zero-order valence-electron chi connectivity index (χ0n) is 9.74. The van der Waals surface area contributed by atoms with Crippen LogP contribution in [0.1, 0.15) is 31.9 Å². The fraction of sp³-hybridized carbons (Fsp3) is 0.538. The molecule has 0 amide bonds. The van der Waals surface area contributed by atoms with Gasteiger partial charge in [0.15, 0.2) is 0 Å². The molecule has 15 heavy (non-hydrogen) atoms. The third-order valence-electron chi connectivity index (χ3n) is 2.78. The third-order valence-corrected chi connectivity index (χ3v) is 2.78. The Bertz CT molecular complexity index is 258. The molecule has 0 saturated carbocycles. The minimum atomic E-state index is 0.107. The summed E-state index contributed by atoms with van der Waals surface area (Å²) in [6.45, 7) is 6.37. The van der Waals surface area contributed by atoms with E-state index in [1.165, 1.54) is 12.0 Å². The van der Waals surface area contributed by atoms with Gasteiger partial charge in [0.05, 0.1) is 0 Å². The van der Waals surface area contributed by atoms with Crippen molar-refractivity contribution < 1.29 is 0 Å². The summed E-state index contributed by atoms with van der Waals surface area (Å²) in [5, 5.41) is 3.41. The number of hydrogen-bond acceptors (Lipinski definition) is 2. The van der Waals surface area contributed by atoms with Crippen LogP contribution in [0.4, 0.5) is 0 Å². The van der Waals surface area contributed by atoms with E-state index in [4.69, 9.17) is 5.73 Å². The van der Waals surface area contributed by atoms with Crippen molar-refractivity contribution in [3.05, 3.63) is 35.9 Å². The van der Waals surface area contributed by atoms with E-state index < -0.39 is 0 Å². The molecule has 3 N–H and O–H groups in total. The quantitative estimate of drug-likeness (QED) is 0.749. The van der Waals surface area contributed by atoms with Crippen molar-refractivity contribution in [2.75, 3.05) is 13.1 Å². The van der Waals surface area contributed by atoms with Gasteiger partial charge in [0, 0.05) is 12.6 Å². The SMILES string of the molecule is CCC(C)CNCC(N)c1ccccc1. The van der Waals surface area contributed by atoms with Gasteiger partial charge in [0.25, 0.3) is 0 Å². The number of rotatable bonds is 6. The monoisotopic (exact) mass is 206 g/mol. The Kier molecular flexibility index (Phi) is 5.37. The summed E-state index contributed by atoms with van der Waals surface area (Å²) in [6.07, 6.45) is 1.22. The van der Waals surface area contributed by atoms with Crippen LogP contribution in [0.3, 0.4) is 0 Å². The highest BCUT2D eigenvalue weighted by Gasteiger charge is 2.05. The molecule has 0 aliphatic heterocycles. The lowest BCUT2D eigenvalue weighted by Gasteiger charge is -2.15. The lowest BCUT2D eigenvalue weighted by Crippen LogP contribution is -2.30. The molecule has 0 fully saturated rings. The Labute approximate surface area is 92.9 Å². The third kappa shape index (κ3) is 4.45. The average molecular weight is 206 g/mol. The molecule has 2 unspecified atom stereocenters. The van der Waals surface area contributed by atoms with E-state index in [0.29, 0.717) is 0 Å². The molecule has 2 atom stereocenters. The number of nitrogens with one attached hydrogen (secondary N) is 1. The molecule has 1 aromatic carbocycles. The van der Waals surface area contributed by atoms with Crippen molar-refractivity contribution in [2.45, 2.75) is 26.3 Å². The van der Waals surface area contributed by atoms with Gasteiger partial charge >= 0.3 is 0 Å². The molecule has 0 aliphatic carbocycles. The first-order chi connectivity index (χ1) is 7.24. The highest BCUT2D eigenvalue weighted by molar-refractivity contribution is 5.18. The molecule has 84 valence electrons. The molecule has 1 rings (SSSR count). The second-order valence-electron chi connectivity index (χ2n) is 4.19. The van der Waals surface area contributed by atoms with Crippen LogP contribution < -0.4 is 11.1 Å². The first-order valence-electron chi connectivity index (χ1n) is 5.75. The van der Waals surface area contributed by atoms with Crippen molar-refractivity contribution in [1.29, 1.82) is 0 Å². The Balaban J connectivity index is 2.28. The zero-order valence-corrected chi connectivity index (χ0v) is 9.74. The number of benzene rings is 1. The fourth-order valence-electron chi connectivity index (χ4n) is 1.45. The van der Waals surface area contributed by atoms with E-state index in [1.54, 1.807) is 0 Å². The van der Waals surface area contributed by atoms with Gasteiger partial charge in [-0.2, -0.15) is 0 Å². The van der Waals surface area contributed by atoms with E-state index in [1.807, 2.05) is 18.2 Å². The van der Waals surface area contributed by atoms with Crippen LogP contribution in [0, 0.1) is 5.92 Å². The molecular weight excluding hydrogens is 184 g/mol. The van der Waals surface area contributed by atoms with E-state index in [2.05, 4.69) is 31.3 Å². The lowest BCUT2D eigenvalue weighted by atomic mass is 10.1. The van der Waals surface area contributed by atoms with Gasteiger partial charge in [-0.15, -0.1) is 0 Å². The van der Waals surface area contributed by atoms with Crippen LogP contribution in [0.15, 0.2) is 30.3 Å². The minimum Gasteiger partial charge on any atom is -0.323 e. The molecule has 0 bridgehead atoms. The van der Waals surface area contributed by atoms with Gasteiger partial charge < -0.3 is 11.1 Å². The van der Waals surface area contributed by atoms with Gasteiger partial charge in [-0.1, -0.05) is 50.6 Å². The Morgan fingerprint density at radius 2 is 1.87 bits per heavy atom. The molecule has 1 aromatic rings. The van der Waals surface area contributed by atoms with Crippen molar-refractivity contribution >= 4 is 0 Å². The van der Waals surface area contributed by atoms with Gasteiger partial charge in [0.1, 0.15) is 0 Å². The van der Waals surface area contributed by atoms with Crippen LogP contribution in [-0.2, 0) is 0 Å². The molecule has 0 saturated heterocycles. The standard InChI is InChI=1S/C13H22N2/c1-3-11(2)9-15-10-13(14)12-7-5-4-6-8-12/h4-8,11,13,15H,3,9-10,14H2,1-2H3. The summed E-state index contributed by atoms with van der Waals surface area (Å²) in [7, 11) is 0. The molecule has 0 aliphatic rings.